The van der Waals surface area contributed by atoms with Crippen LogP contribution in [0.5, 0.6) is 0 Å². The summed E-state index contributed by atoms with van der Waals surface area (Å²) < 4.78 is 51.4. The molecule has 1 saturated heterocycles. The van der Waals surface area contributed by atoms with E-state index in [1.807, 2.05) is 13.8 Å². The lowest BCUT2D eigenvalue weighted by Gasteiger charge is -2.40. The number of likely N-dealkylation sites (N-methyl/N-ethyl adjacent to an activating group) is 1. The molecule has 3 nitrogen and oxygen atoms in total. The van der Waals surface area contributed by atoms with Gasteiger partial charge in [0.05, 0.1) is 6.42 Å². The van der Waals surface area contributed by atoms with Gasteiger partial charge in [0.25, 0.3) is 0 Å². The number of carbonyl (C=O) groups is 1. The van der Waals surface area contributed by atoms with E-state index in [4.69, 9.17) is 0 Å². The van der Waals surface area contributed by atoms with Crippen LogP contribution < -0.4 is 0 Å². The highest BCUT2D eigenvalue weighted by Crippen LogP contribution is 2.27. The maximum Gasteiger partial charge on any atom is 0.405 e. The van der Waals surface area contributed by atoms with Crippen molar-refractivity contribution in [1.29, 1.82) is 0 Å². The summed E-state index contributed by atoms with van der Waals surface area (Å²) in [5.74, 6) is -0.785. The number of nitrogens with zero attached hydrogens (tertiary/aromatic N) is 2. The Morgan fingerprint density at radius 3 is 2.26 bits per heavy atom. The highest BCUT2D eigenvalue weighted by molar-refractivity contribution is 5.79. The highest BCUT2D eigenvalue weighted by atomic mass is 19.4. The van der Waals surface area contributed by atoms with Gasteiger partial charge in [-0.15, -0.1) is 0 Å². The largest absolute Gasteiger partial charge is 0.405 e. The number of amides is 1. The molecule has 0 N–H and O–H groups in total. The molecule has 0 radical (unpaired) electrons. The first-order chi connectivity index (χ1) is 10.8. The number of carbonyl (C=O) groups excluding carboxylic acids is 1. The van der Waals surface area contributed by atoms with Gasteiger partial charge in [0.2, 0.25) is 5.91 Å². The standard InChI is InChI=1S/C14H16F4N2O.C2H6/c1-19-6-7-20(9-12(19)14(16,17)18)13(21)8-10-2-4-11(15)5-3-10;1-2/h2-5,12H,6-9H2,1H3;1-2H3. The van der Waals surface area contributed by atoms with Gasteiger partial charge in [0, 0.05) is 19.6 Å². The maximum absolute atomic E-state index is 12.9. The second-order valence-electron chi connectivity index (χ2n) is 5.18. The van der Waals surface area contributed by atoms with E-state index in [1.54, 1.807) is 0 Å². The van der Waals surface area contributed by atoms with E-state index in [1.165, 1.54) is 41.1 Å². The predicted octanol–water partition coefficient (Wildman–Crippen LogP) is 3.10. The Bertz CT molecular complexity index is 502. The van der Waals surface area contributed by atoms with Gasteiger partial charge in [0.15, 0.2) is 0 Å². The fourth-order valence-electron chi connectivity index (χ4n) is 2.34. The SMILES string of the molecule is CC.CN1CCN(C(=O)Cc2ccc(F)cc2)CC1C(F)(F)F. The molecule has 1 heterocycles. The zero-order valence-electron chi connectivity index (χ0n) is 13.5. The number of rotatable bonds is 2. The lowest BCUT2D eigenvalue weighted by molar-refractivity contribution is -0.194. The molecule has 1 aliphatic heterocycles. The van der Waals surface area contributed by atoms with E-state index in [0.717, 1.165) is 0 Å². The van der Waals surface area contributed by atoms with Crippen LogP contribution in [0.3, 0.4) is 0 Å². The van der Waals surface area contributed by atoms with Gasteiger partial charge in [-0.1, -0.05) is 26.0 Å². The Kier molecular flexibility index (Phi) is 7.00. The molecule has 0 aliphatic carbocycles. The van der Waals surface area contributed by atoms with E-state index in [2.05, 4.69) is 0 Å². The topological polar surface area (TPSA) is 23.6 Å². The van der Waals surface area contributed by atoms with Crippen molar-refractivity contribution in [2.75, 3.05) is 26.7 Å². The van der Waals surface area contributed by atoms with Crippen LogP contribution in [0.1, 0.15) is 19.4 Å². The quantitative estimate of drug-likeness (QED) is 0.776. The van der Waals surface area contributed by atoms with Crippen LogP contribution >= 0.6 is 0 Å². The summed E-state index contributed by atoms with van der Waals surface area (Å²) in [4.78, 5) is 14.5. The van der Waals surface area contributed by atoms with Crippen LogP contribution in [0.15, 0.2) is 24.3 Å². The lowest BCUT2D eigenvalue weighted by Crippen LogP contribution is -2.58. The first-order valence-corrected chi connectivity index (χ1v) is 7.56. The normalized spacial score (nSPS) is 19.1. The predicted molar refractivity (Wildman–Crippen MR) is 80.5 cm³/mol. The average Bonchev–Trinajstić information content (AvgIpc) is 2.51. The molecule has 2 rings (SSSR count). The monoisotopic (exact) mass is 334 g/mol. The number of alkyl halides is 3. The minimum atomic E-state index is -4.36. The first-order valence-electron chi connectivity index (χ1n) is 7.56. The highest BCUT2D eigenvalue weighted by Gasteiger charge is 2.45. The van der Waals surface area contributed by atoms with Crippen LogP contribution in [0.25, 0.3) is 0 Å². The molecule has 1 amide bonds. The van der Waals surface area contributed by atoms with Gasteiger partial charge in [-0.3, -0.25) is 9.69 Å². The van der Waals surface area contributed by atoms with Crippen LogP contribution in [-0.4, -0.2) is 54.6 Å². The number of halogens is 4. The summed E-state index contributed by atoms with van der Waals surface area (Å²) in [6.07, 6.45) is -4.38. The molecule has 7 heteroatoms. The van der Waals surface area contributed by atoms with Crippen molar-refractivity contribution in [3.05, 3.63) is 35.6 Å². The number of piperazine rings is 1. The van der Waals surface area contributed by atoms with E-state index < -0.39 is 18.0 Å². The van der Waals surface area contributed by atoms with Crippen LogP contribution in [0.4, 0.5) is 17.6 Å². The molecule has 0 aromatic heterocycles. The summed E-state index contributed by atoms with van der Waals surface area (Å²) in [6, 6.07) is 3.74. The summed E-state index contributed by atoms with van der Waals surface area (Å²) in [7, 11) is 1.40. The second kappa shape index (κ2) is 8.29. The van der Waals surface area contributed by atoms with Crippen molar-refractivity contribution in [2.45, 2.75) is 32.5 Å². The lowest BCUT2D eigenvalue weighted by atomic mass is 10.1. The Morgan fingerprint density at radius 1 is 1.17 bits per heavy atom. The number of hydrogen-bond donors (Lipinski definition) is 0. The average molecular weight is 334 g/mol. The Labute approximate surface area is 133 Å². The van der Waals surface area contributed by atoms with Crippen molar-refractivity contribution >= 4 is 5.91 Å². The maximum atomic E-state index is 12.9. The van der Waals surface area contributed by atoms with Gasteiger partial charge < -0.3 is 4.90 Å². The summed E-state index contributed by atoms with van der Waals surface area (Å²) in [5, 5.41) is 0. The van der Waals surface area contributed by atoms with E-state index in [9.17, 15) is 22.4 Å². The Balaban J connectivity index is 0.00000127. The fraction of sp³-hybridized carbons (Fsp3) is 0.562. The van der Waals surface area contributed by atoms with Crippen molar-refractivity contribution in [3.63, 3.8) is 0 Å². The molecule has 0 saturated carbocycles. The van der Waals surface area contributed by atoms with E-state index in [-0.39, 0.29) is 32.0 Å². The van der Waals surface area contributed by atoms with Crippen LogP contribution in [0.2, 0.25) is 0 Å². The summed E-state index contributed by atoms with van der Waals surface area (Å²) >= 11 is 0. The molecule has 23 heavy (non-hydrogen) atoms. The van der Waals surface area contributed by atoms with Gasteiger partial charge in [-0.25, -0.2) is 4.39 Å². The zero-order valence-corrected chi connectivity index (χ0v) is 13.5. The first kappa shape index (κ1) is 19.4. The number of benzene rings is 1. The van der Waals surface area contributed by atoms with Crippen LogP contribution in [0, 0.1) is 5.82 Å². The van der Waals surface area contributed by atoms with Crippen molar-refractivity contribution in [2.24, 2.45) is 0 Å². The molecule has 1 atom stereocenters. The summed E-state index contributed by atoms with van der Waals surface area (Å²) in [5.41, 5.74) is 0.587. The molecule has 1 aromatic rings. The van der Waals surface area contributed by atoms with Crippen molar-refractivity contribution < 1.29 is 22.4 Å². The third-order valence-corrected chi connectivity index (χ3v) is 3.65. The summed E-state index contributed by atoms with van der Waals surface area (Å²) in [6.45, 7) is 4.09. The zero-order chi connectivity index (χ0) is 17.6. The minimum absolute atomic E-state index is 0.0193. The van der Waals surface area contributed by atoms with Gasteiger partial charge in [-0.05, 0) is 24.7 Å². The molecular formula is C16H22F4N2O. The molecule has 0 bridgehead atoms. The molecular weight excluding hydrogens is 312 g/mol. The molecule has 1 aromatic carbocycles. The van der Waals surface area contributed by atoms with Crippen LogP contribution in [-0.2, 0) is 11.2 Å². The Hall–Kier alpha value is -1.63. The molecule has 1 aliphatic rings. The Morgan fingerprint density at radius 2 is 1.74 bits per heavy atom. The third-order valence-electron chi connectivity index (χ3n) is 3.65. The molecule has 1 unspecified atom stereocenters. The molecule has 1 fully saturated rings. The second-order valence-corrected chi connectivity index (χ2v) is 5.18. The van der Waals surface area contributed by atoms with E-state index in [0.29, 0.717) is 5.56 Å². The molecule has 0 spiro atoms. The van der Waals surface area contributed by atoms with Crippen molar-refractivity contribution in [3.8, 4) is 0 Å². The number of hydrogen-bond acceptors (Lipinski definition) is 2. The van der Waals surface area contributed by atoms with Gasteiger partial charge >= 0.3 is 6.18 Å². The third kappa shape index (κ3) is 5.49. The minimum Gasteiger partial charge on any atom is -0.339 e. The van der Waals surface area contributed by atoms with E-state index >= 15 is 0 Å². The smallest absolute Gasteiger partial charge is 0.339 e. The molecule has 130 valence electrons. The van der Waals surface area contributed by atoms with Crippen molar-refractivity contribution in [1.82, 2.24) is 9.80 Å². The fourth-order valence-corrected chi connectivity index (χ4v) is 2.34. The van der Waals surface area contributed by atoms with Gasteiger partial charge in [-0.2, -0.15) is 13.2 Å². The van der Waals surface area contributed by atoms with Gasteiger partial charge in [0.1, 0.15) is 11.9 Å².